The Morgan fingerprint density at radius 2 is 2.22 bits per heavy atom. The molecule has 3 atom stereocenters. The highest BCUT2D eigenvalue weighted by atomic mass is 35.5. The number of aromatic nitrogens is 1. The van der Waals surface area contributed by atoms with Gasteiger partial charge in [0.15, 0.2) is 6.17 Å². The molecule has 0 saturated heterocycles. The standard InChI is InChI=1S/C10H10ClF2N3O2/c11-9-3-7(8(4-14-9)16(17)18)15-6-2-1-5(12)10(6)13/h3-6,10H,1-2H2,(H,14,15). The van der Waals surface area contributed by atoms with Crippen LogP contribution in [0.3, 0.4) is 0 Å². The molecule has 1 heterocycles. The van der Waals surface area contributed by atoms with Crippen LogP contribution >= 0.6 is 11.6 Å². The first kappa shape index (κ1) is 12.9. The first-order chi connectivity index (χ1) is 8.49. The van der Waals surface area contributed by atoms with Gasteiger partial charge in [0.05, 0.1) is 11.0 Å². The molecule has 5 nitrogen and oxygen atoms in total. The Bertz CT molecular complexity index is 474. The molecule has 0 amide bonds. The van der Waals surface area contributed by atoms with Crippen LogP contribution < -0.4 is 5.32 Å². The number of nitro groups is 1. The zero-order valence-electron chi connectivity index (χ0n) is 9.15. The topological polar surface area (TPSA) is 68.1 Å². The minimum absolute atomic E-state index is 0.0494. The molecule has 2 rings (SSSR count). The molecule has 1 aliphatic carbocycles. The van der Waals surface area contributed by atoms with Crippen LogP contribution in [0.1, 0.15) is 12.8 Å². The Hall–Kier alpha value is -1.50. The third-order valence-corrected chi connectivity index (χ3v) is 3.08. The van der Waals surface area contributed by atoms with E-state index in [-0.39, 0.29) is 29.4 Å². The lowest BCUT2D eigenvalue weighted by atomic mass is 10.2. The highest BCUT2D eigenvalue weighted by molar-refractivity contribution is 6.29. The molecule has 1 N–H and O–H groups in total. The van der Waals surface area contributed by atoms with E-state index < -0.39 is 23.3 Å². The molecule has 1 saturated carbocycles. The fourth-order valence-electron chi connectivity index (χ4n) is 1.94. The molecular formula is C10H10ClF2N3O2. The van der Waals surface area contributed by atoms with E-state index in [1.54, 1.807) is 0 Å². The van der Waals surface area contributed by atoms with Crippen molar-refractivity contribution in [3.63, 3.8) is 0 Å². The van der Waals surface area contributed by atoms with Gasteiger partial charge in [-0.25, -0.2) is 13.8 Å². The summed E-state index contributed by atoms with van der Waals surface area (Å²) < 4.78 is 26.5. The van der Waals surface area contributed by atoms with Gasteiger partial charge in [0.25, 0.3) is 0 Å². The maximum absolute atomic E-state index is 13.4. The summed E-state index contributed by atoms with van der Waals surface area (Å²) in [7, 11) is 0. The Balaban J connectivity index is 2.23. The van der Waals surface area contributed by atoms with Crippen molar-refractivity contribution in [1.29, 1.82) is 0 Å². The second kappa shape index (κ2) is 5.01. The van der Waals surface area contributed by atoms with Crippen LogP contribution in [0.5, 0.6) is 0 Å². The van der Waals surface area contributed by atoms with Crippen LogP contribution in [0.4, 0.5) is 20.2 Å². The van der Waals surface area contributed by atoms with E-state index in [0.717, 1.165) is 6.20 Å². The summed E-state index contributed by atoms with van der Waals surface area (Å²) >= 11 is 5.63. The Morgan fingerprint density at radius 1 is 1.50 bits per heavy atom. The number of hydrogen-bond acceptors (Lipinski definition) is 4. The molecule has 1 aromatic rings. The molecule has 98 valence electrons. The molecule has 18 heavy (non-hydrogen) atoms. The van der Waals surface area contributed by atoms with Gasteiger partial charge in [0.2, 0.25) is 0 Å². The van der Waals surface area contributed by atoms with Crippen LogP contribution in [0, 0.1) is 10.1 Å². The van der Waals surface area contributed by atoms with E-state index in [4.69, 9.17) is 11.6 Å². The van der Waals surface area contributed by atoms with Gasteiger partial charge in [-0.3, -0.25) is 10.1 Å². The number of rotatable bonds is 3. The summed E-state index contributed by atoms with van der Waals surface area (Å²) in [6, 6.07) is 0.454. The van der Waals surface area contributed by atoms with Gasteiger partial charge in [-0.05, 0) is 12.8 Å². The van der Waals surface area contributed by atoms with Crippen molar-refractivity contribution in [2.24, 2.45) is 0 Å². The molecule has 8 heteroatoms. The van der Waals surface area contributed by atoms with Gasteiger partial charge in [-0.1, -0.05) is 11.6 Å². The monoisotopic (exact) mass is 277 g/mol. The Morgan fingerprint density at radius 3 is 2.78 bits per heavy atom. The lowest BCUT2D eigenvalue weighted by molar-refractivity contribution is -0.384. The van der Waals surface area contributed by atoms with E-state index in [9.17, 15) is 18.9 Å². The molecule has 3 unspecified atom stereocenters. The molecule has 1 aromatic heterocycles. The van der Waals surface area contributed by atoms with Gasteiger partial charge >= 0.3 is 5.69 Å². The maximum Gasteiger partial charge on any atom is 0.310 e. The average molecular weight is 278 g/mol. The van der Waals surface area contributed by atoms with E-state index in [1.807, 2.05) is 0 Å². The number of nitrogens with one attached hydrogen (secondary N) is 1. The number of alkyl halides is 2. The van der Waals surface area contributed by atoms with Crippen molar-refractivity contribution in [2.45, 2.75) is 31.2 Å². The van der Waals surface area contributed by atoms with Gasteiger partial charge in [0, 0.05) is 6.07 Å². The molecular weight excluding hydrogens is 268 g/mol. The normalized spacial score (nSPS) is 27.2. The summed E-state index contributed by atoms with van der Waals surface area (Å²) in [5.41, 5.74) is -0.254. The zero-order valence-corrected chi connectivity index (χ0v) is 9.90. The number of halogens is 3. The molecule has 0 bridgehead atoms. The second-order valence-electron chi connectivity index (χ2n) is 4.07. The highest BCUT2D eigenvalue weighted by Gasteiger charge is 2.37. The van der Waals surface area contributed by atoms with Gasteiger partial charge in [0.1, 0.15) is 23.2 Å². The van der Waals surface area contributed by atoms with Crippen molar-refractivity contribution in [3.8, 4) is 0 Å². The lowest BCUT2D eigenvalue weighted by Gasteiger charge is -2.16. The number of anilines is 1. The quantitative estimate of drug-likeness (QED) is 0.524. The Labute approximate surface area is 106 Å². The number of nitrogens with zero attached hydrogens (tertiary/aromatic N) is 2. The first-order valence-corrected chi connectivity index (χ1v) is 5.71. The van der Waals surface area contributed by atoms with Crippen molar-refractivity contribution in [1.82, 2.24) is 4.98 Å². The predicted molar refractivity (Wildman–Crippen MR) is 62.3 cm³/mol. The van der Waals surface area contributed by atoms with Crippen LogP contribution in [-0.2, 0) is 0 Å². The summed E-state index contributed by atoms with van der Waals surface area (Å²) in [5, 5.41) is 13.4. The summed E-state index contributed by atoms with van der Waals surface area (Å²) in [5.74, 6) is 0. The van der Waals surface area contributed by atoms with Crippen molar-refractivity contribution in [2.75, 3.05) is 5.32 Å². The molecule has 1 aliphatic rings. The van der Waals surface area contributed by atoms with Crippen LogP contribution in [0.2, 0.25) is 5.15 Å². The van der Waals surface area contributed by atoms with Gasteiger partial charge in [-0.15, -0.1) is 0 Å². The van der Waals surface area contributed by atoms with Crippen molar-refractivity contribution >= 4 is 23.0 Å². The number of pyridine rings is 1. The van der Waals surface area contributed by atoms with E-state index in [0.29, 0.717) is 0 Å². The number of hydrogen-bond donors (Lipinski definition) is 1. The SMILES string of the molecule is O=[N+]([O-])c1cnc(Cl)cc1NC1CCC(F)C1F. The van der Waals surface area contributed by atoms with Gasteiger partial charge in [-0.2, -0.15) is 0 Å². The van der Waals surface area contributed by atoms with Gasteiger partial charge < -0.3 is 5.32 Å². The lowest BCUT2D eigenvalue weighted by Crippen LogP contribution is -2.29. The summed E-state index contributed by atoms with van der Waals surface area (Å²) in [6.45, 7) is 0. The first-order valence-electron chi connectivity index (χ1n) is 5.33. The highest BCUT2D eigenvalue weighted by Crippen LogP contribution is 2.32. The van der Waals surface area contributed by atoms with Crippen molar-refractivity contribution in [3.05, 3.63) is 27.5 Å². The second-order valence-corrected chi connectivity index (χ2v) is 4.46. The van der Waals surface area contributed by atoms with E-state index in [2.05, 4.69) is 10.3 Å². The average Bonchev–Trinajstić information content (AvgIpc) is 2.61. The van der Waals surface area contributed by atoms with Crippen LogP contribution in [-0.4, -0.2) is 28.3 Å². The minimum atomic E-state index is -1.67. The zero-order chi connectivity index (χ0) is 13.3. The smallest absolute Gasteiger partial charge is 0.310 e. The minimum Gasteiger partial charge on any atom is -0.374 e. The molecule has 0 aliphatic heterocycles. The third kappa shape index (κ3) is 2.50. The Kier molecular flexibility index (Phi) is 3.60. The van der Waals surface area contributed by atoms with E-state index >= 15 is 0 Å². The third-order valence-electron chi connectivity index (χ3n) is 2.87. The predicted octanol–water partition coefficient (Wildman–Crippen LogP) is 2.89. The van der Waals surface area contributed by atoms with Crippen LogP contribution in [0.25, 0.3) is 0 Å². The van der Waals surface area contributed by atoms with E-state index in [1.165, 1.54) is 6.07 Å². The molecule has 0 spiro atoms. The largest absolute Gasteiger partial charge is 0.374 e. The molecule has 0 radical (unpaired) electrons. The fourth-order valence-corrected chi connectivity index (χ4v) is 2.10. The van der Waals surface area contributed by atoms with Crippen LogP contribution in [0.15, 0.2) is 12.3 Å². The summed E-state index contributed by atoms with van der Waals surface area (Å²) in [4.78, 5) is 13.7. The fraction of sp³-hybridized carbons (Fsp3) is 0.500. The molecule has 0 aromatic carbocycles. The maximum atomic E-state index is 13.4. The molecule has 1 fully saturated rings. The summed E-state index contributed by atoms with van der Waals surface area (Å²) in [6.07, 6.45) is -1.83. The van der Waals surface area contributed by atoms with Crippen molar-refractivity contribution < 1.29 is 13.7 Å².